The van der Waals surface area contributed by atoms with Crippen LogP contribution in [0.5, 0.6) is 0 Å². The molecule has 3 rings (SSSR count). The smallest absolute Gasteiger partial charge is 0.162 e. The largest absolute Gasteiger partial charge is 0.382 e. The van der Waals surface area contributed by atoms with E-state index in [1.165, 1.54) is 11.3 Å². The fraction of sp³-hybridized carbons (Fsp3) is 0.227. The van der Waals surface area contributed by atoms with Crippen molar-refractivity contribution in [2.75, 3.05) is 25.5 Å². The lowest BCUT2D eigenvalue weighted by molar-refractivity contribution is 0.112. The van der Waals surface area contributed by atoms with Gasteiger partial charge in [0.2, 0.25) is 0 Å². The van der Waals surface area contributed by atoms with Gasteiger partial charge in [0.15, 0.2) is 6.29 Å². The maximum atomic E-state index is 11.5. The normalized spacial score (nSPS) is 12.1. The summed E-state index contributed by atoms with van der Waals surface area (Å²) in [7, 11) is 1.89. The van der Waals surface area contributed by atoms with E-state index in [1.54, 1.807) is 0 Å². The highest BCUT2D eigenvalue weighted by Crippen LogP contribution is 2.21. The third-order valence-electron chi connectivity index (χ3n) is 4.56. The molecule has 0 bridgehead atoms. The van der Waals surface area contributed by atoms with Crippen LogP contribution in [0.25, 0.3) is 24.4 Å². The number of aldehydes is 1. The predicted molar refractivity (Wildman–Crippen MR) is 117 cm³/mol. The zero-order valence-corrected chi connectivity index (χ0v) is 17.2. The number of aryl methyl sites for hydroxylation is 2. The van der Waals surface area contributed by atoms with E-state index in [-0.39, 0.29) is 0 Å². The van der Waals surface area contributed by atoms with Crippen LogP contribution in [0.1, 0.15) is 20.9 Å². The first-order chi connectivity index (χ1) is 13.5. The molecule has 3 aromatic rings. The number of thiophene rings is 1. The molecule has 0 aromatic carbocycles. The van der Waals surface area contributed by atoms with Crippen LogP contribution < -0.4 is 20.5 Å². The summed E-state index contributed by atoms with van der Waals surface area (Å²) < 4.78 is 0.821. The monoisotopic (exact) mass is 392 g/mol. The molecule has 0 saturated heterocycles. The van der Waals surface area contributed by atoms with Crippen molar-refractivity contribution in [1.29, 1.82) is 0 Å². The molecule has 28 heavy (non-hydrogen) atoms. The van der Waals surface area contributed by atoms with Crippen molar-refractivity contribution in [3.63, 3.8) is 0 Å². The molecule has 0 unspecified atom stereocenters. The van der Waals surface area contributed by atoms with Gasteiger partial charge in [-0.3, -0.25) is 9.78 Å². The first-order valence-electron chi connectivity index (χ1n) is 9.05. The zero-order valence-electron chi connectivity index (χ0n) is 16.4. The number of nitrogens with one attached hydrogen (secondary N) is 2. The van der Waals surface area contributed by atoms with E-state index in [4.69, 9.17) is 4.98 Å². The minimum Gasteiger partial charge on any atom is -0.382 e. The highest BCUT2D eigenvalue weighted by Gasteiger charge is 2.10. The fourth-order valence-corrected chi connectivity index (χ4v) is 4.10. The van der Waals surface area contributed by atoms with E-state index < -0.39 is 0 Å². The number of carbonyl (C=O) groups is 1. The topological polar surface area (TPSA) is 66.9 Å². The molecule has 0 aliphatic heterocycles. The van der Waals surface area contributed by atoms with Gasteiger partial charge in [0.05, 0.1) is 21.6 Å². The minimum atomic E-state index is 0.637. The molecule has 144 valence electrons. The highest BCUT2D eigenvalue weighted by molar-refractivity contribution is 7.12. The van der Waals surface area contributed by atoms with E-state index in [9.17, 15) is 4.79 Å². The molecule has 0 fully saturated rings. The number of aromatic nitrogens is 2. The molecule has 0 amide bonds. The van der Waals surface area contributed by atoms with Crippen LogP contribution in [-0.4, -0.2) is 36.4 Å². The molecule has 3 heterocycles. The van der Waals surface area contributed by atoms with Gasteiger partial charge in [-0.15, -0.1) is 11.3 Å². The maximum Gasteiger partial charge on any atom is 0.162 e. The average Bonchev–Trinajstić information content (AvgIpc) is 2.97. The Morgan fingerprint density at radius 2 is 2.00 bits per heavy atom. The van der Waals surface area contributed by atoms with Gasteiger partial charge in [-0.2, -0.15) is 0 Å². The number of hydrogen-bond donors (Lipinski definition) is 2. The quantitative estimate of drug-likeness (QED) is 0.498. The number of likely N-dealkylation sites (N-methyl/N-ethyl adjacent to an activating group) is 1. The first kappa shape index (κ1) is 19.9. The van der Waals surface area contributed by atoms with Crippen LogP contribution >= 0.6 is 11.3 Å². The maximum absolute atomic E-state index is 11.5. The van der Waals surface area contributed by atoms with Crippen molar-refractivity contribution in [2.45, 2.75) is 13.8 Å². The van der Waals surface area contributed by atoms with Crippen molar-refractivity contribution < 1.29 is 4.79 Å². The van der Waals surface area contributed by atoms with Crippen LogP contribution in [-0.2, 0) is 0 Å². The third kappa shape index (κ3) is 3.88. The Hall–Kier alpha value is -2.83. The highest BCUT2D eigenvalue weighted by atomic mass is 32.1. The number of carbonyl (C=O) groups excluding carboxylic acids is 1. The second-order valence-corrected chi connectivity index (χ2v) is 7.76. The van der Waals surface area contributed by atoms with Gasteiger partial charge >= 0.3 is 0 Å². The lowest BCUT2D eigenvalue weighted by Gasteiger charge is -2.07. The average molecular weight is 393 g/mol. The van der Waals surface area contributed by atoms with Crippen LogP contribution in [0.4, 0.5) is 5.69 Å². The van der Waals surface area contributed by atoms with Crippen LogP contribution in [0.15, 0.2) is 24.4 Å². The Kier molecular flexibility index (Phi) is 6.02. The molecule has 5 nitrogen and oxygen atoms in total. The molecule has 0 spiro atoms. The van der Waals surface area contributed by atoms with Gasteiger partial charge in [-0.1, -0.05) is 13.2 Å². The molecule has 0 radical (unpaired) electrons. The van der Waals surface area contributed by atoms with E-state index in [0.29, 0.717) is 16.8 Å². The van der Waals surface area contributed by atoms with Gasteiger partial charge < -0.3 is 10.6 Å². The van der Waals surface area contributed by atoms with Crippen LogP contribution in [0, 0.1) is 24.3 Å². The summed E-state index contributed by atoms with van der Waals surface area (Å²) in [6.07, 6.45) is 2.72. The summed E-state index contributed by atoms with van der Waals surface area (Å²) in [6.45, 7) is 13.8. The summed E-state index contributed by atoms with van der Waals surface area (Å²) in [4.78, 5) is 21.3. The Morgan fingerprint density at radius 1 is 1.21 bits per heavy atom. The van der Waals surface area contributed by atoms with Gasteiger partial charge in [0.1, 0.15) is 0 Å². The van der Waals surface area contributed by atoms with Crippen molar-refractivity contribution in [2.24, 2.45) is 0 Å². The van der Waals surface area contributed by atoms with Crippen molar-refractivity contribution in [1.82, 2.24) is 15.3 Å². The van der Waals surface area contributed by atoms with E-state index in [2.05, 4.69) is 35.7 Å². The SMILES string of the molecule is C=c1nc(-c2cnc(C)cc2C)cc/c1=c1\c(NCCNC)c(C=O)sc1=C. The summed E-state index contributed by atoms with van der Waals surface area (Å²) in [6, 6.07) is 6.01. The van der Waals surface area contributed by atoms with Gasteiger partial charge in [0, 0.05) is 45.5 Å². The van der Waals surface area contributed by atoms with Crippen molar-refractivity contribution in [3.05, 3.63) is 60.8 Å². The predicted octanol–water partition coefficient (Wildman–Crippen LogP) is 2.37. The fourth-order valence-electron chi connectivity index (χ4n) is 3.20. The summed E-state index contributed by atoms with van der Waals surface area (Å²) in [5.74, 6) is 0. The Labute approximate surface area is 168 Å². The molecular formula is C22H24N4OS. The van der Waals surface area contributed by atoms with Crippen molar-refractivity contribution >= 4 is 36.5 Å². The Bertz CT molecular complexity index is 1220. The lowest BCUT2D eigenvalue weighted by Crippen LogP contribution is -2.19. The molecule has 0 atom stereocenters. The number of hydrogen-bond acceptors (Lipinski definition) is 6. The van der Waals surface area contributed by atoms with Gasteiger partial charge in [-0.25, -0.2) is 4.98 Å². The number of anilines is 1. The molecule has 0 aliphatic carbocycles. The number of rotatable bonds is 6. The summed E-state index contributed by atoms with van der Waals surface area (Å²) >= 11 is 1.38. The standard InChI is InChI=1S/C22H24N4OS/c1-13-10-14(2)25-11-18(13)19-7-6-17(15(3)26-19)21-16(4)28-20(12-27)22(21)24-9-8-23-5/h6-7,10-12,23-24H,3-4,8-9H2,1-2,5H3/b21-17+. The molecular weight excluding hydrogens is 368 g/mol. The molecule has 0 aliphatic rings. The second kappa shape index (κ2) is 8.46. The molecule has 0 saturated carbocycles. The van der Waals surface area contributed by atoms with Gasteiger partial charge in [0.25, 0.3) is 0 Å². The number of pyridine rings is 2. The Balaban J connectivity index is 2.23. The molecule has 2 N–H and O–H groups in total. The van der Waals surface area contributed by atoms with E-state index in [0.717, 1.165) is 56.0 Å². The Morgan fingerprint density at radius 3 is 2.64 bits per heavy atom. The zero-order chi connectivity index (χ0) is 20.3. The van der Waals surface area contributed by atoms with Crippen molar-refractivity contribution in [3.8, 4) is 11.3 Å². The minimum absolute atomic E-state index is 0.637. The second-order valence-electron chi connectivity index (χ2n) is 6.62. The first-order valence-corrected chi connectivity index (χ1v) is 9.87. The third-order valence-corrected chi connectivity index (χ3v) is 5.53. The molecule has 6 heteroatoms. The number of nitrogens with zero attached hydrogens (tertiary/aromatic N) is 2. The molecule has 3 aromatic heterocycles. The lowest BCUT2D eigenvalue weighted by atomic mass is 10.1. The van der Waals surface area contributed by atoms with E-state index >= 15 is 0 Å². The van der Waals surface area contributed by atoms with Crippen LogP contribution in [0.3, 0.4) is 0 Å². The van der Waals surface area contributed by atoms with Crippen LogP contribution in [0.2, 0.25) is 0 Å². The van der Waals surface area contributed by atoms with Gasteiger partial charge in [-0.05, 0) is 44.7 Å². The summed E-state index contributed by atoms with van der Waals surface area (Å²) in [5.41, 5.74) is 4.72. The van der Waals surface area contributed by atoms with E-state index in [1.807, 2.05) is 38.4 Å². The summed E-state index contributed by atoms with van der Waals surface area (Å²) in [5, 5.41) is 8.87.